The molecule has 41 heavy (non-hydrogen) atoms. The average molecular weight is 575 g/mol. The van der Waals surface area contributed by atoms with Gasteiger partial charge in [0.2, 0.25) is 21.7 Å². The summed E-state index contributed by atoms with van der Waals surface area (Å²) in [5.74, 6) is 1.13. The van der Waals surface area contributed by atoms with E-state index in [2.05, 4.69) is 35.8 Å². The number of hydrogen-bond acceptors (Lipinski definition) is 11. The highest BCUT2D eigenvalue weighted by Crippen LogP contribution is 2.33. The fourth-order valence-corrected chi connectivity index (χ4v) is 6.23. The molecule has 1 fully saturated rings. The van der Waals surface area contributed by atoms with Gasteiger partial charge in [-0.05, 0) is 49.2 Å². The van der Waals surface area contributed by atoms with Crippen molar-refractivity contribution >= 4 is 38.8 Å². The van der Waals surface area contributed by atoms with Crippen molar-refractivity contribution in [3.8, 4) is 5.75 Å². The lowest BCUT2D eigenvalue weighted by atomic mass is 10.0. The summed E-state index contributed by atoms with van der Waals surface area (Å²) >= 11 is 0. The number of nitrogens with zero attached hydrogens (tertiary/aromatic N) is 4. The molecule has 0 aliphatic carbocycles. The second-order valence-corrected chi connectivity index (χ2v) is 11.5. The van der Waals surface area contributed by atoms with Gasteiger partial charge in [-0.15, -0.1) is 0 Å². The summed E-state index contributed by atoms with van der Waals surface area (Å²) in [4.78, 5) is 15.6. The van der Waals surface area contributed by atoms with Gasteiger partial charge in [0.05, 0.1) is 28.3 Å². The number of rotatable bonds is 11. The van der Waals surface area contributed by atoms with Crippen LogP contribution in [0.2, 0.25) is 0 Å². The van der Waals surface area contributed by atoms with Crippen LogP contribution in [0, 0.1) is 0 Å². The minimum Gasteiger partial charge on any atom is -0.494 e. The second-order valence-electron chi connectivity index (χ2n) is 9.58. The third-order valence-electron chi connectivity index (χ3n) is 6.92. The van der Waals surface area contributed by atoms with E-state index in [1.807, 2.05) is 18.2 Å². The molecule has 0 radical (unpaired) electrons. The zero-order chi connectivity index (χ0) is 28.7. The molecule has 1 aromatic heterocycles. The van der Waals surface area contributed by atoms with Gasteiger partial charge in [0.15, 0.2) is 0 Å². The van der Waals surface area contributed by atoms with Crippen molar-refractivity contribution in [2.75, 3.05) is 48.8 Å². The number of ether oxygens (including phenoxy) is 1. The number of nitrogens with one attached hydrogen (secondary N) is 3. The van der Waals surface area contributed by atoms with Crippen LogP contribution in [0.5, 0.6) is 5.75 Å². The zero-order valence-corrected chi connectivity index (χ0v) is 23.6. The summed E-state index contributed by atoms with van der Waals surface area (Å²) in [6.07, 6.45) is 3.47. The van der Waals surface area contributed by atoms with Gasteiger partial charge in [-0.1, -0.05) is 30.3 Å². The van der Waals surface area contributed by atoms with Crippen LogP contribution in [0.25, 0.3) is 0 Å². The van der Waals surface area contributed by atoms with Crippen molar-refractivity contribution in [1.29, 1.82) is 0 Å². The topological polar surface area (TPSA) is 147 Å². The number of sulfone groups is 1. The van der Waals surface area contributed by atoms with E-state index in [0.29, 0.717) is 29.7 Å². The SMILES string of the molecule is COc1cc(N2CCC(NCCN)CC2)ccc1Nc1ncnc(Nc2ccccc2S(=O)(=O)c2ccccc2)n1. The minimum absolute atomic E-state index is 0.123. The highest BCUT2D eigenvalue weighted by Gasteiger charge is 2.22. The molecule has 4 aromatic rings. The molecule has 11 nitrogen and oxygen atoms in total. The van der Waals surface area contributed by atoms with Crippen LogP contribution in [-0.2, 0) is 9.84 Å². The summed E-state index contributed by atoms with van der Waals surface area (Å²) in [6, 6.07) is 21.4. The molecule has 0 saturated carbocycles. The molecule has 0 bridgehead atoms. The van der Waals surface area contributed by atoms with Crippen LogP contribution in [0.4, 0.5) is 29.0 Å². The van der Waals surface area contributed by atoms with Crippen molar-refractivity contribution in [2.45, 2.75) is 28.7 Å². The van der Waals surface area contributed by atoms with Crippen LogP contribution in [0.15, 0.2) is 88.9 Å². The maximum Gasteiger partial charge on any atom is 0.232 e. The highest BCUT2D eigenvalue weighted by atomic mass is 32.2. The van der Waals surface area contributed by atoms with Gasteiger partial charge in [0.1, 0.15) is 12.1 Å². The van der Waals surface area contributed by atoms with E-state index in [-0.39, 0.29) is 21.7 Å². The van der Waals surface area contributed by atoms with Crippen LogP contribution < -0.4 is 31.3 Å². The lowest BCUT2D eigenvalue weighted by Crippen LogP contribution is -2.43. The van der Waals surface area contributed by atoms with E-state index in [0.717, 1.165) is 38.2 Å². The van der Waals surface area contributed by atoms with E-state index < -0.39 is 9.84 Å². The summed E-state index contributed by atoms with van der Waals surface area (Å²) in [7, 11) is -2.13. The van der Waals surface area contributed by atoms with Crippen LogP contribution in [0.1, 0.15) is 12.8 Å². The predicted octanol–water partition coefficient (Wildman–Crippen LogP) is 3.72. The largest absolute Gasteiger partial charge is 0.494 e. The Labute approximate surface area is 240 Å². The van der Waals surface area contributed by atoms with Crippen molar-refractivity contribution in [2.24, 2.45) is 5.73 Å². The number of anilines is 5. The first kappa shape index (κ1) is 28.3. The quantitative estimate of drug-likeness (QED) is 0.208. The molecule has 0 unspecified atom stereocenters. The van der Waals surface area contributed by atoms with E-state index >= 15 is 0 Å². The Hall–Kier alpha value is -4.26. The third kappa shape index (κ3) is 6.73. The molecule has 0 amide bonds. The van der Waals surface area contributed by atoms with E-state index in [9.17, 15) is 8.42 Å². The lowest BCUT2D eigenvalue weighted by molar-refractivity contribution is 0.412. The molecule has 12 heteroatoms. The van der Waals surface area contributed by atoms with E-state index in [1.165, 1.54) is 6.33 Å². The van der Waals surface area contributed by atoms with Gasteiger partial charge >= 0.3 is 0 Å². The maximum absolute atomic E-state index is 13.3. The molecule has 1 aliphatic heterocycles. The lowest BCUT2D eigenvalue weighted by Gasteiger charge is -2.34. The first-order valence-electron chi connectivity index (χ1n) is 13.5. The summed E-state index contributed by atoms with van der Waals surface area (Å²) in [5.41, 5.74) is 7.75. The fourth-order valence-electron chi connectivity index (χ4n) is 4.80. The van der Waals surface area contributed by atoms with E-state index in [4.69, 9.17) is 10.5 Å². The smallest absolute Gasteiger partial charge is 0.232 e. The molecule has 3 aromatic carbocycles. The number of methoxy groups -OCH3 is 1. The number of aromatic nitrogens is 3. The Morgan fingerprint density at radius 1 is 0.927 bits per heavy atom. The first-order valence-corrected chi connectivity index (χ1v) is 14.9. The Morgan fingerprint density at radius 2 is 1.61 bits per heavy atom. The molecule has 1 saturated heterocycles. The Bertz CT molecular complexity index is 1560. The van der Waals surface area contributed by atoms with Crippen LogP contribution in [-0.4, -0.2) is 62.7 Å². The standard InChI is InChI=1S/C29H34N8O3S/c1-40-26-19-22(37-17-13-21(14-18-37)31-16-15-30)11-12-24(26)34-28-32-20-33-29(36-28)35-25-9-5-6-10-27(25)41(38,39)23-7-3-2-4-8-23/h2-12,19-21,31H,13-18,30H2,1H3,(H2,32,33,34,35,36). The molecule has 0 atom stereocenters. The second kappa shape index (κ2) is 12.9. The molecule has 5 rings (SSSR count). The molecule has 5 N–H and O–H groups in total. The first-order chi connectivity index (χ1) is 20.0. The Morgan fingerprint density at radius 3 is 2.32 bits per heavy atom. The van der Waals surface area contributed by atoms with Gasteiger partial charge in [0.25, 0.3) is 0 Å². The van der Waals surface area contributed by atoms with Gasteiger partial charge in [-0.3, -0.25) is 0 Å². The summed E-state index contributed by atoms with van der Waals surface area (Å²) in [5, 5.41) is 9.73. The maximum atomic E-state index is 13.3. The normalized spacial score (nSPS) is 14.0. The van der Waals surface area contributed by atoms with Gasteiger partial charge < -0.3 is 31.3 Å². The Balaban J connectivity index is 1.31. The fraction of sp³-hybridized carbons (Fsp3) is 0.276. The monoisotopic (exact) mass is 574 g/mol. The average Bonchev–Trinajstić information content (AvgIpc) is 3.01. The van der Waals surface area contributed by atoms with Crippen molar-refractivity contribution in [3.05, 3.63) is 79.1 Å². The van der Waals surface area contributed by atoms with Gasteiger partial charge in [0, 0.05) is 44.0 Å². The zero-order valence-electron chi connectivity index (χ0n) is 22.8. The van der Waals surface area contributed by atoms with Gasteiger partial charge in [-0.25, -0.2) is 18.4 Å². The van der Waals surface area contributed by atoms with E-state index in [1.54, 1.807) is 61.7 Å². The Kier molecular flexibility index (Phi) is 8.92. The predicted molar refractivity (Wildman–Crippen MR) is 160 cm³/mol. The summed E-state index contributed by atoms with van der Waals surface area (Å²) < 4.78 is 32.3. The minimum atomic E-state index is -3.76. The molecular weight excluding hydrogens is 540 g/mol. The summed E-state index contributed by atoms with van der Waals surface area (Å²) in [6.45, 7) is 3.38. The highest BCUT2D eigenvalue weighted by molar-refractivity contribution is 7.91. The number of hydrogen-bond donors (Lipinski definition) is 4. The van der Waals surface area contributed by atoms with Crippen molar-refractivity contribution < 1.29 is 13.2 Å². The third-order valence-corrected chi connectivity index (χ3v) is 8.75. The number of benzene rings is 3. The number of para-hydroxylation sites is 1. The molecular formula is C29H34N8O3S. The molecule has 1 aliphatic rings. The molecule has 214 valence electrons. The number of nitrogens with two attached hydrogens (primary N) is 1. The van der Waals surface area contributed by atoms with Crippen molar-refractivity contribution in [3.63, 3.8) is 0 Å². The van der Waals surface area contributed by atoms with Crippen molar-refractivity contribution in [1.82, 2.24) is 20.3 Å². The van der Waals surface area contributed by atoms with Crippen LogP contribution >= 0.6 is 0 Å². The van der Waals surface area contributed by atoms with Gasteiger partial charge in [-0.2, -0.15) is 4.98 Å². The number of piperidine rings is 1. The molecule has 2 heterocycles. The van der Waals surface area contributed by atoms with Crippen LogP contribution in [0.3, 0.4) is 0 Å². The molecule has 0 spiro atoms.